The normalized spacial score (nSPS) is 23.5. The van der Waals surface area contributed by atoms with Crippen LogP contribution in [0.5, 0.6) is 0 Å². The summed E-state index contributed by atoms with van der Waals surface area (Å²) < 4.78 is 0. The van der Waals surface area contributed by atoms with Crippen LogP contribution in [0.3, 0.4) is 0 Å². The first-order valence-electron chi connectivity index (χ1n) is 11.6. The molecule has 168 valence electrons. The van der Waals surface area contributed by atoms with E-state index in [2.05, 4.69) is 45.6 Å². The van der Waals surface area contributed by atoms with Gasteiger partial charge in [0.05, 0.1) is 36.1 Å². The first kappa shape index (κ1) is 22.0. The number of carbonyl (C=O) groups excluding carboxylic acids is 1. The minimum Gasteiger partial charge on any atom is -0.393 e. The van der Waals surface area contributed by atoms with Crippen molar-refractivity contribution < 1.29 is 9.90 Å². The fourth-order valence-electron chi connectivity index (χ4n) is 5.02. The molecule has 7 heteroatoms. The number of aliphatic hydroxyl groups is 1. The molecule has 1 aliphatic heterocycles. The van der Waals surface area contributed by atoms with Crippen molar-refractivity contribution >= 4 is 22.5 Å². The number of fused-ring (bicyclic) bond motifs is 1. The molecule has 1 aromatic carbocycles. The number of nitrogens with one attached hydrogen (secondary N) is 2. The van der Waals surface area contributed by atoms with Crippen LogP contribution in [0, 0.1) is 18.8 Å². The Hall–Kier alpha value is -2.25. The highest BCUT2D eigenvalue weighted by Gasteiger charge is 2.36. The number of carbonyl (C=O) groups is 1. The third-order valence-corrected chi connectivity index (χ3v) is 6.93. The first-order chi connectivity index (χ1) is 14.9. The van der Waals surface area contributed by atoms with Crippen molar-refractivity contribution in [3.8, 4) is 0 Å². The molecule has 2 aliphatic rings. The van der Waals surface area contributed by atoms with Crippen LogP contribution in [0.4, 0.5) is 5.69 Å². The second-order valence-corrected chi connectivity index (χ2v) is 9.65. The molecule has 2 fully saturated rings. The Kier molecular flexibility index (Phi) is 6.72. The average molecular weight is 426 g/mol. The molecule has 1 unspecified atom stereocenters. The maximum absolute atomic E-state index is 12.4. The fraction of sp³-hybridized carbons (Fsp3) is 0.625. The third-order valence-electron chi connectivity index (χ3n) is 6.93. The molecular weight excluding hydrogens is 390 g/mol. The number of aryl methyl sites for hydroxylation is 1. The van der Waals surface area contributed by atoms with Gasteiger partial charge in [-0.25, -0.2) is 0 Å². The van der Waals surface area contributed by atoms with Gasteiger partial charge in [0.1, 0.15) is 0 Å². The Morgan fingerprint density at radius 3 is 2.68 bits per heavy atom. The molecule has 1 amide bonds. The van der Waals surface area contributed by atoms with E-state index in [0.29, 0.717) is 17.9 Å². The molecule has 1 aromatic heterocycles. The highest BCUT2D eigenvalue weighted by molar-refractivity contribution is 5.92. The largest absolute Gasteiger partial charge is 0.393 e. The van der Waals surface area contributed by atoms with Gasteiger partial charge in [-0.05, 0) is 56.6 Å². The molecule has 2 heterocycles. The monoisotopic (exact) mass is 425 g/mol. The van der Waals surface area contributed by atoms with Crippen LogP contribution >= 0.6 is 0 Å². The number of aromatic nitrogens is 2. The third kappa shape index (κ3) is 5.15. The lowest BCUT2D eigenvalue weighted by Gasteiger charge is -2.47. The van der Waals surface area contributed by atoms with E-state index in [9.17, 15) is 9.90 Å². The van der Waals surface area contributed by atoms with Crippen molar-refractivity contribution in [1.82, 2.24) is 20.4 Å². The molecule has 0 radical (unpaired) electrons. The number of hydrogen-bond donors (Lipinski definition) is 3. The van der Waals surface area contributed by atoms with Crippen LogP contribution in [0.25, 0.3) is 10.9 Å². The van der Waals surface area contributed by atoms with Crippen molar-refractivity contribution in [2.45, 2.75) is 64.6 Å². The summed E-state index contributed by atoms with van der Waals surface area (Å²) in [7, 11) is 0. The molecule has 1 saturated heterocycles. The maximum Gasteiger partial charge on any atom is 0.239 e. The lowest BCUT2D eigenvalue weighted by atomic mass is 9.78. The molecule has 0 bridgehead atoms. The Morgan fingerprint density at radius 2 is 1.97 bits per heavy atom. The lowest BCUT2D eigenvalue weighted by Crippen LogP contribution is -2.63. The van der Waals surface area contributed by atoms with Gasteiger partial charge in [0.25, 0.3) is 0 Å². The summed E-state index contributed by atoms with van der Waals surface area (Å²) in [5.41, 5.74) is 2.80. The van der Waals surface area contributed by atoms with Crippen molar-refractivity contribution in [2.75, 3.05) is 25.0 Å². The van der Waals surface area contributed by atoms with Crippen LogP contribution in [0.15, 0.2) is 24.4 Å². The van der Waals surface area contributed by atoms with Crippen LogP contribution in [-0.2, 0) is 4.79 Å². The van der Waals surface area contributed by atoms with Gasteiger partial charge in [0.15, 0.2) is 0 Å². The quantitative estimate of drug-likeness (QED) is 0.632. The van der Waals surface area contributed by atoms with Gasteiger partial charge in [0.2, 0.25) is 5.91 Å². The van der Waals surface area contributed by atoms with Gasteiger partial charge >= 0.3 is 0 Å². The number of amides is 1. The summed E-state index contributed by atoms with van der Waals surface area (Å²) in [5.74, 6) is 0.788. The predicted octanol–water partition coefficient (Wildman–Crippen LogP) is 2.73. The standard InChI is InChI=1S/C24H35N5O2/c1-15(2)24(31)17-5-7-19(8-6-17)29-13-18(14-29)27-23(30)12-25-22-11-26-28-21-9-4-16(3)10-20(21)22/h4,9-11,15,17-19,24,31H,5-8,12-14H2,1-3H3,(H,25,28)(H,27,30)/t17-,19-,24?. The van der Waals surface area contributed by atoms with Crippen molar-refractivity contribution in [2.24, 2.45) is 11.8 Å². The summed E-state index contributed by atoms with van der Waals surface area (Å²) in [5, 5.41) is 25.8. The van der Waals surface area contributed by atoms with Gasteiger partial charge in [0, 0.05) is 24.5 Å². The molecule has 1 saturated carbocycles. The summed E-state index contributed by atoms with van der Waals surface area (Å²) >= 11 is 0. The second kappa shape index (κ2) is 9.49. The van der Waals surface area contributed by atoms with E-state index in [1.165, 1.54) is 0 Å². The fourth-order valence-corrected chi connectivity index (χ4v) is 5.02. The van der Waals surface area contributed by atoms with Crippen molar-refractivity contribution in [1.29, 1.82) is 0 Å². The minimum atomic E-state index is -0.173. The topological polar surface area (TPSA) is 90.4 Å². The highest BCUT2D eigenvalue weighted by Crippen LogP contribution is 2.33. The molecule has 3 N–H and O–H groups in total. The number of likely N-dealkylation sites (tertiary alicyclic amines) is 1. The van der Waals surface area contributed by atoms with Crippen molar-refractivity contribution in [3.05, 3.63) is 30.0 Å². The summed E-state index contributed by atoms with van der Waals surface area (Å²) in [6.07, 6.45) is 6.01. The van der Waals surface area contributed by atoms with Gasteiger partial charge in [-0.3, -0.25) is 9.69 Å². The van der Waals surface area contributed by atoms with E-state index in [1.54, 1.807) is 6.20 Å². The smallest absolute Gasteiger partial charge is 0.239 e. The van der Waals surface area contributed by atoms with Gasteiger partial charge in [-0.2, -0.15) is 10.2 Å². The van der Waals surface area contributed by atoms with Crippen LogP contribution in [0.2, 0.25) is 0 Å². The van der Waals surface area contributed by atoms with E-state index >= 15 is 0 Å². The number of anilines is 1. The molecule has 1 atom stereocenters. The van der Waals surface area contributed by atoms with E-state index in [-0.39, 0.29) is 24.6 Å². The van der Waals surface area contributed by atoms with E-state index in [1.807, 2.05) is 19.1 Å². The molecule has 4 rings (SSSR count). The SMILES string of the molecule is Cc1ccc2nncc(NCC(=O)NC3CN([C@H]4CC[C@H](C(O)C(C)C)CC4)C3)c2c1. The van der Waals surface area contributed by atoms with E-state index < -0.39 is 0 Å². The minimum absolute atomic E-state index is 0.00558. The number of benzene rings is 1. The van der Waals surface area contributed by atoms with Crippen LogP contribution in [0.1, 0.15) is 45.1 Å². The lowest BCUT2D eigenvalue weighted by molar-refractivity contribution is -0.121. The summed E-state index contributed by atoms with van der Waals surface area (Å²) in [4.78, 5) is 14.9. The molecule has 0 spiro atoms. The Labute approximate surface area is 184 Å². The zero-order valence-corrected chi connectivity index (χ0v) is 18.8. The molecule has 2 aromatic rings. The second-order valence-electron chi connectivity index (χ2n) is 9.65. The Morgan fingerprint density at radius 1 is 1.23 bits per heavy atom. The number of hydrogen-bond acceptors (Lipinski definition) is 6. The van der Waals surface area contributed by atoms with Crippen LogP contribution in [-0.4, -0.2) is 63.9 Å². The molecule has 1 aliphatic carbocycles. The number of rotatable bonds is 7. The molecular formula is C24H35N5O2. The maximum atomic E-state index is 12.4. The summed E-state index contributed by atoms with van der Waals surface area (Å²) in [6, 6.07) is 6.84. The van der Waals surface area contributed by atoms with Gasteiger partial charge < -0.3 is 15.7 Å². The number of nitrogens with zero attached hydrogens (tertiary/aromatic N) is 3. The van der Waals surface area contributed by atoms with E-state index in [0.717, 1.165) is 60.9 Å². The highest BCUT2D eigenvalue weighted by atomic mass is 16.3. The summed E-state index contributed by atoms with van der Waals surface area (Å²) in [6.45, 7) is 8.31. The molecule has 7 nitrogen and oxygen atoms in total. The van der Waals surface area contributed by atoms with Crippen molar-refractivity contribution in [3.63, 3.8) is 0 Å². The van der Waals surface area contributed by atoms with Gasteiger partial charge in [-0.15, -0.1) is 0 Å². The zero-order chi connectivity index (χ0) is 22.0. The Bertz CT molecular complexity index is 904. The van der Waals surface area contributed by atoms with E-state index in [4.69, 9.17) is 0 Å². The molecule has 31 heavy (non-hydrogen) atoms. The Balaban J connectivity index is 1.20. The van der Waals surface area contributed by atoms with Crippen LogP contribution < -0.4 is 10.6 Å². The first-order valence-corrected chi connectivity index (χ1v) is 11.6. The number of aliphatic hydroxyl groups excluding tert-OH is 1. The average Bonchev–Trinajstić information content (AvgIpc) is 2.74. The van der Waals surface area contributed by atoms with Gasteiger partial charge in [-0.1, -0.05) is 25.5 Å². The zero-order valence-electron chi connectivity index (χ0n) is 18.8. The predicted molar refractivity (Wildman–Crippen MR) is 123 cm³/mol.